The summed E-state index contributed by atoms with van der Waals surface area (Å²) < 4.78 is 11.0. The first-order valence-corrected chi connectivity index (χ1v) is 8.87. The minimum absolute atomic E-state index is 0.0211. The van der Waals surface area contributed by atoms with Crippen molar-refractivity contribution >= 4 is 17.5 Å². The number of benzene rings is 1. The van der Waals surface area contributed by atoms with Gasteiger partial charge in [0.2, 0.25) is 5.78 Å². The molecule has 1 unspecified atom stereocenters. The number of methoxy groups -OCH3 is 1. The highest BCUT2D eigenvalue weighted by atomic mass is 32.2. The first-order chi connectivity index (χ1) is 11.7. The van der Waals surface area contributed by atoms with Crippen LogP contribution >= 0.6 is 11.8 Å². The molecular formula is C19H21NO3S. The normalized spacial score (nSPS) is 20.0. The molecule has 24 heavy (non-hydrogen) atoms. The summed E-state index contributed by atoms with van der Waals surface area (Å²) in [5.74, 6) is 1.47. The van der Waals surface area contributed by atoms with E-state index >= 15 is 0 Å². The molecule has 0 spiro atoms. The van der Waals surface area contributed by atoms with Crippen molar-refractivity contribution in [1.29, 1.82) is 0 Å². The number of Topliss-reactive ketones (excluding diaryl/α,β-unsaturated/α-hetero) is 1. The molecule has 0 aromatic heterocycles. The van der Waals surface area contributed by atoms with Crippen LogP contribution in [0.3, 0.4) is 0 Å². The van der Waals surface area contributed by atoms with E-state index in [0.29, 0.717) is 12.4 Å². The van der Waals surface area contributed by atoms with Crippen LogP contribution in [-0.4, -0.2) is 36.2 Å². The van der Waals surface area contributed by atoms with Crippen LogP contribution in [0, 0.1) is 0 Å². The summed E-state index contributed by atoms with van der Waals surface area (Å²) in [7, 11) is 1.69. The third-order valence-corrected chi connectivity index (χ3v) is 5.01. The molecule has 2 aliphatic rings. The van der Waals surface area contributed by atoms with E-state index in [2.05, 4.69) is 23.2 Å². The summed E-state index contributed by atoms with van der Waals surface area (Å²) in [4.78, 5) is 14.0. The van der Waals surface area contributed by atoms with Gasteiger partial charge in [-0.1, -0.05) is 24.3 Å². The van der Waals surface area contributed by atoms with Crippen molar-refractivity contribution in [2.45, 2.75) is 18.7 Å². The molecule has 1 aromatic carbocycles. The van der Waals surface area contributed by atoms with Gasteiger partial charge < -0.3 is 14.4 Å². The van der Waals surface area contributed by atoms with Gasteiger partial charge in [-0.2, -0.15) is 0 Å². The average molecular weight is 343 g/mol. The van der Waals surface area contributed by atoms with Crippen LogP contribution in [0.25, 0.3) is 0 Å². The standard InChI is InChI=1S/C19H21NO3S/c1-14-19(21)18(13-24-14)23-12-15-7-9-20(10-8-15)11-16-5-3-4-6-17(16)22-2/h3-9,13-14H,10-12H2,1-2H3. The Hall–Kier alpha value is -2.14. The lowest BCUT2D eigenvalue weighted by molar-refractivity contribution is -0.117. The molecule has 2 heterocycles. The molecule has 0 saturated heterocycles. The van der Waals surface area contributed by atoms with E-state index in [1.54, 1.807) is 7.11 Å². The number of ether oxygens (including phenoxy) is 2. The molecule has 0 aliphatic carbocycles. The number of nitrogens with zero attached hydrogens (tertiary/aromatic N) is 1. The molecule has 0 radical (unpaired) electrons. The number of rotatable bonds is 6. The Labute approximate surface area is 146 Å². The summed E-state index contributed by atoms with van der Waals surface area (Å²) >= 11 is 1.51. The quantitative estimate of drug-likeness (QED) is 0.790. The maximum Gasteiger partial charge on any atom is 0.210 e. The van der Waals surface area contributed by atoms with Gasteiger partial charge in [-0.25, -0.2) is 0 Å². The number of carbonyl (C=O) groups is 1. The first-order valence-electron chi connectivity index (χ1n) is 7.93. The number of thioether (sulfide) groups is 1. The Morgan fingerprint density at radius 2 is 2.17 bits per heavy atom. The Morgan fingerprint density at radius 1 is 1.33 bits per heavy atom. The summed E-state index contributed by atoms with van der Waals surface area (Å²) in [6.07, 6.45) is 6.23. The van der Waals surface area contributed by atoms with E-state index < -0.39 is 0 Å². The molecule has 3 rings (SSSR count). The van der Waals surface area contributed by atoms with E-state index in [0.717, 1.165) is 30.0 Å². The minimum Gasteiger partial charge on any atom is -0.496 e. The number of ketones is 1. The van der Waals surface area contributed by atoms with Gasteiger partial charge >= 0.3 is 0 Å². The van der Waals surface area contributed by atoms with Crippen molar-refractivity contribution < 1.29 is 14.3 Å². The molecule has 0 N–H and O–H groups in total. The van der Waals surface area contributed by atoms with E-state index in [4.69, 9.17) is 9.47 Å². The molecule has 5 heteroatoms. The van der Waals surface area contributed by atoms with Gasteiger partial charge in [0.1, 0.15) is 12.4 Å². The zero-order chi connectivity index (χ0) is 16.9. The molecule has 0 saturated carbocycles. The summed E-state index contributed by atoms with van der Waals surface area (Å²) in [6.45, 7) is 3.94. The predicted molar refractivity (Wildman–Crippen MR) is 96.7 cm³/mol. The molecule has 1 atom stereocenters. The summed E-state index contributed by atoms with van der Waals surface area (Å²) in [6, 6.07) is 8.04. The van der Waals surface area contributed by atoms with Crippen molar-refractivity contribution in [2.75, 3.05) is 20.3 Å². The lowest BCUT2D eigenvalue weighted by atomic mass is 10.1. The maximum atomic E-state index is 11.8. The van der Waals surface area contributed by atoms with Gasteiger partial charge in [-0.3, -0.25) is 4.79 Å². The molecular weight excluding hydrogens is 322 g/mol. The third kappa shape index (κ3) is 3.85. The van der Waals surface area contributed by atoms with Gasteiger partial charge in [-0.05, 0) is 24.6 Å². The fraction of sp³-hybridized carbons (Fsp3) is 0.316. The van der Waals surface area contributed by atoms with E-state index in [1.807, 2.05) is 36.6 Å². The van der Waals surface area contributed by atoms with Crippen molar-refractivity contribution in [3.63, 3.8) is 0 Å². The van der Waals surface area contributed by atoms with Crippen molar-refractivity contribution in [1.82, 2.24) is 4.90 Å². The van der Waals surface area contributed by atoms with Crippen LogP contribution in [0.15, 0.2) is 59.4 Å². The fourth-order valence-electron chi connectivity index (χ4n) is 2.59. The van der Waals surface area contributed by atoms with E-state index in [1.165, 1.54) is 11.8 Å². The summed E-state index contributed by atoms with van der Waals surface area (Å²) in [5.41, 5.74) is 2.25. The van der Waals surface area contributed by atoms with E-state index in [9.17, 15) is 4.79 Å². The van der Waals surface area contributed by atoms with E-state index in [-0.39, 0.29) is 11.0 Å². The van der Waals surface area contributed by atoms with Gasteiger partial charge in [0, 0.05) is 30.3 Å². The Balaban J connectivity index is 1.52. The third-order valence-electron chi connectivity index (χ3n) is 4.04. The van der Waals surface area contributed by atoms with Gasteiger partial charge in [0.25, 0.3) is 0 Å². The van der Waals surface area contributed by atoms with Gasteiger partial charge in [0.15, 0.2) is 5.76 Å². The molecule has 1 aromatic rings. The fourth-order valence-corrected chi connectivity index (χ4v) is 3.34. The van der Waals surface area contributed by atoms with Crippen LogP contribution < -0.4 is 4.74 Å². The second-order valence-electron chi connectivity index (χ2n) is 5.75. The highest BCUT2D eigenvalue weighted by Gasteiger charge is 2.25. The number of hydrogen-bond acceptors (Lipinski definition) is 5. The van der Waals surface area contributed by atoms with Crippen LogP contribution in [0.1, 0.15) is 12.5 Å². The zero-order valence-electron chi connectivity index (χ0n) is 13.9. The second-order valence-corrected chi connectivity index (χ2v) is 6.96. The lowest BCUT2D eigenvalue weighted by Crippen LogP contribution is -2.21. The SMILES string of the molecule is COc1ccccc1CN1C=CC(COC2=CSC(C)C2=O)=CC1. The number of carbonyl (C=O) groups excluding carboxylic acids is 1. The summed E-state index contributed by atoms with van der Waals surface area (Å²) in [5, 5.41) is 1.79. The van der Waals surface area contributed by atoms with Crippen LogP contribution in [0.4, 0.5) is 0 Å². The highest BCUT2D eigenvalue weighted by Crippen LogP contribution is 2.27. The van der Waals surface area contributed by atoms with Crippen LogP contribution in [0.5, 0.6) is 5.75 Å². The number of hydrogen-bond donors (Lipinski definition) is 0. The average Bonchev–Trinajstić information content (AvgIpc) is 2.93. The molecule has 0 fully saturated rings. The van der Waals surface area contributed by atoms with Crippen molar-refractivity contribution in [3.8, 4) is 5.75 Å². The molecule has 4 nitrogen and oxygen atoms in total. The zero-order valence-corrected chi connectivity index (χ0v) is 14.7. The topological polar surface area (TPSA) is 38.8 Å². The van der Waals surface area contributed by atoms with Crippen LogP contribution in [0.2, 0.25) is 0 Å². The van der Waals surface area contributed by atoms with Crippen LogP contribution in [-0.2, 0) is 16.1 Å². The number of para-hydroxylation sites is 1. The molecule has 2 aliphatic heterocycles. The van der Waals surface area contributed by atoms with Crippen molar-refractivity contribution in [2.24, 2.45) is 0 Å². The molecule has 0 amide bonds. The second kappa shape index (κ2) is 7.62. The predicted octanol–water partition coefficient (Wildman–Crippen LogP) is 3.51. The Morgan fingerprint density at radius 3 is 2.83 bits per heavy atom. The number of allylic oxidation sites excluding steroid dienone is 1. The molecule has 0 bridgehead atoms. The van der Waals surface area contributed by atoms with Crippen molar-refractivity contribution in [3.05, 3.63) is 64.9 Å². The Kier molecular flexibility index (Phi) is 5.30. The van der Waals surface area contributed by atoms with Gasteiger partial charge in [-0.15, -0.1) is 11.8 Å². The smallest absolute Gasteiger partial charge is 0.210 e. The largest absolute Gasteiger partial charge is 0.496 e. The highest BCUT2D eigenvalue weighted by molar-refractivity contribution is 8.03. The minimum atomic E-state index is -0.0211. The monoisotopic (exact) mass is 343 g/mol. The lowest BCUT2D eigenvalue weighted by Gasteiger charge is -2.23. The molecule has 126 valence electrons. The first kappa shape index (κ1) is 16.7. The van der Waals surface area contributed by atoms with Gasteiger partial charge in [0.05, 0.1) is 12.4 Å². The maximum absolute atomic E-state index is 11.8. The Bertz CT molecular complexity index is 708.